The number of rotatable bonds is 4. The lowest BCUT2D eigenvalue weighted by Gasteiger charge is -2.35. The molecular weight excluding hydrogens is 318 g/mol. The van der Waals surface area contributed by atoms with Crippen LogP contribution in [0, 0.1) is 11.8 Å². The summed E-state index contributed by atoms with van der Waals surface area (Å²) in [6.07, 6.45) is 1.26. The Bertz CT molecular complexity index is 464. The van der Waals surface area contributed by atoms with Crippen LogP contribution in [-0.2, 0) is 6.54 Å². The number of hydrogen-bond acceptors (Lipinski definition) is 3. The van der Waals surface area contributed by atoms with Gasteiger partial charge < -0.3 is 9.84 Å². The van der Waals surface area contributed by atoms with Crippen molar-refractivity contribution >= 4 is 15.9 Å². The van der Waals surface area contributed by atoms with E-state index in [-0.39, 0.29) is 5.75 Å². The lowest BCUT2D eigenvalue weighted by molar-refractivity contribution is 0.132. The van der Waals surface area contributed by atoms with Crippen molar-refractivity contribution in [3.63, 3.8) is 0 Å². The van der Waals surface area contributed by atoms with Crippen LogP contribution in [0.15, 0.2) is 16.6 Å². The van der Waals surface area contributed by atoms with E-state index in [2.05, 4.69) is 34.7 Å². The standard InChI is InChI=1S/C16H24BrNO2/c1-4-20-15-8-13(7-14(17)16(15)19)10-18-6-5-11(2)12(3)9-18/h7-8,11-12,19H,4-6,9-10H2,1-3H3. The van der Waals surface area contributed by atoms with Crippen molar-refractivity contribution in [2.45, 2.75) is 33.7 Å². The molecule has 1 N–H and O–H groups in total. The Labute approximate surface area is 130 Å². The summed E-state index contributed by atoms with van der Waals surface area (Å²) >= 11 is 3.40. The molecule has 1 fully saturated rings. The number of benzene rings is 1. The Morgan fingerprint density at radius 3 is 2.75 bits per heavy atom. The molecule has 2 unspecified atom stereocenters. The smallest absolute Gasteiger partial charge is 0.172 e. The molecule has 20 heavy (non-hydrogen) atoms. The molecule has 0 amide bonds. The summed E-state index contributed by atoms with van der Waals surface area (Å²) in [4.78, 5) is 2.49. The third-order valence-electron chi connectivity index (χ3n) is 4.21. The van der Waals surface area contributed by atoms with E-state index in [1.807, 2.05) is 19.1 Å². The summed E-state index contributed by atoms with van der Waals surface area (Å²) in [5.74, 6) is 2.32. The van der Waals surface area contributed by atoms with Gasteiger partial charge in [0.2, 0.25) is 0 Å². The maximum Gasteiger partial charge on any atom is 0.172 e. The highest BCUT2D eigenvalue weighted by atomic mass is 79.9. The number of phenols is 1. The van der Waals surface area contributed by atoms with E-state index in [9.17, 15) is 5.11 Å². The molecule has 1 aromatic rings. The van der Waals surface area contributed by atoms with Crippen molar-refractivity contribution in [3.05, 3.63) is 22.2 Å². The third-order valence-corrected chi connectivity index (χ3v) is 4.82. The van der Waals surface area contributed by atoms with Gasteiger partial charge in [0.15, 0.2) is 11.5 Å². The fourth-order valence-electron chi connectivity index (χ4n) is 2.74. The number of phenolic OH excluding ortho intramolecular Hbond substituents is 1. The summed E-state index contributed by atoms with van der Waals surface area (Å²) in [5, 5.41) is 9.95. The third kappa shape index (κ3) is 3.67. The SMILES string of the molecule is CCOc1cc(CN2CCC(C)C(C)C2)cc(Br)c1O. The predicted octanol–water partition coefficient (Wildman–Crippen LogP) is 4.03. The molecule has 0 bridgehead atoms. The van der Waals surface area contributed by atoms with Crippen LogP contribution in [0.25, 0.3) is 0 Å². The van der Waals surface area contributed by atoms with Crippen LogP contribution in [0.1, 0.15) is 32.8 Å². The minimum absolute atomic E-state index is 0.191. The van der Waals surface area contributed by atoms with Crippen molar-refractivity contribution in [2.75, 3.05) is 19.7 Å². The zero-order valence-corrected chi connectivity index (χ0v) is 14.1. The maximum atomic E-state index is 9.95. The molecule has 3 nitrogen and oxygen atoms in total. The van der Waals surface area contributed by atoms with E-state index in [0.717, 1.165) is 31.5 Å². The van der Waals surface area contributed by atoms with Crippen LogP contribution < -0.4 is 4.74 Å². The number of likely N-dealkylation sites (tertiary alicyclic amines) is 1. The minimum Gasteiger partial charge on any atom is -0.503 e. The van der Waals surface area contributed by atoms with Gasteiger partial charge in [-0.1, -0.05) is 13.8 Å². The fourth-order valence-corrected chi connectivity index (χ4v) is 3.22. The number of aromatic hydroxyl groups is 1. The quantitative estimate of drug-likeness (QED) is 0.897. The van der Waals surface area contributed by atoms with Crippen molar-refractivity contribution < 1.29 is 9.84 Å². The second-order valence-corrected chi connectivity index (χ2v) is 6.69. The zero-order chi connectivity index (χ0) is 14.7. The second kappa shape index (κ2) is 6.81. The number of ether oxygens (including phenoxy) is 1. The van der Waals surface area contributed by atoms with Gasteiger partial charge in [0, 0.05) is 13.1 Å². The van der Waals surface area contributed by atoms with Crippen LogP contribution >= 0.6 is 15.9 Å². The summed E-state index contributed by atoms with van der Waals surface area (Å²) in [6, 6.07) is 3.94. The molecule has 2 atom stereocenters. The molecular formula is C16H24BrNO2. The zero-order valence-electron chi connectivity index (χ0n) is 12.5. The van der Waals surface area contributed by atoms with Crippen LogP contribution in [0.3, 0.4) is 0 Å². The van der Waals surface area contributed by atoms with Crippen molar-refractivity contribution in [1.29, 1.82) is 0 Å². The lowest BCUT2D eigenvalue weighted by Crippen LogP contribution is -2.37. The molecule has 1 saturated heterocycles. The topological polar surface area (TPSA) is 32.7 Å². The van der Waals surface area contributed by atoms with Crippen LogP contribution in [0.4, 0.5) is 0 Å². The molecule has 2 rings (SSSR count). The molecule has 0 aromatic heterocycles. The maximum absolute atomic E-state index is 9.95. The van der Waals surface area contributed by atoms with Gasteiger partial charge in [0.25, 0.3) is 0 Å². The summed E-state index contributed by atoms with van der Waals surface area (Å²) < 4.78 is 6.19. The van der Waals surface area contributed by atoms with E-state index in [4.69, 9.17) is 4.74 Å². The van der Waals surface area contributed by atoms with Gasteiger partial charge in [-0.15, -0.1) is 0 Å². The molecule has 4 heteroatoms. The van der Waals surface area contributed by atoms with E-state index < -0.39 is 0 Å². The first kappa shape index (κ1) is 15.6. The van der Waals surface area contributed by atoms with E-state index in [1.54, 1.807) is 0 Å². The van der Waals surface area contributed by atoms with Gasteiger partial charge in [0.05, 0.1) is 11.1 Å². The van der Waals surface area contributed by atoms with Gasteiger partial charge in [0.1, 0.15) is 0 Å². The summed E-state index contributed by atoms with van der Waals surface area (Å²) in [5.41, 5.74) is 1.18. The Hall–Kier alpha value is -0.740. The van der Waals surface area contributed by atoms with Gasteiger partial charge in [-0.05, 0) is 65.4 Å². The van der Waals surface area contributed by atoms with Gasteiger partial charge in [-0.3, -0.25) is 4.90 Å². The number of halogens is 1. The predicted molar refractivity (Wildman–Crippen MR) is 85.2 cm³/mol. The fraction of sp³-hybridized carbons (Fsp3) is 0.625. The van der Waals surface area contributed by atoms with Crippen LogP contribution in [-0.4, -0.2) is 29.7 Å². The molecule has 112 valence electrons. The Kier molecular flexibility index (Phi) is 5.33. The van der Waals surface area contributed by atoms with E-state index >= 15 is 0 Å². The molecule has 1 aliphatic rings. The highest BCUT2D eigenvalue weighted by Gasteiger charge is 2.23. The summed E-state index contributed by atoms with van der Waals surface area (Å²) in [6.45, 7) is 10.4. The van der Waals surface area contributed by atoms with Gasteiger partial charge >= 0.3 is 0 Å². The number of hydrogen-bond donors (Lipinski definition) is 1. The molecule has 0 aliphatic carbocycles. The van der Waals surface area contributed by atoms with E-state index in [1.165, 1.54) is 12.0 Å². The van der Waals surface area contributed by atoms with Crippen molar-refractivity contribution in [1.82, 2.24) is 4.90 Å². The highest BCUT2D eigenvalue weighted by Crippen LogP contribution is 2.36. The average Bonchev–Trinajstić information content (AvgIpc) is 2.40. The molecule has 0 radical (unpaired) electrons. The van der Waals surface area contributed by atoms with Gasteiger partial charge in [-0.2, -0.15) is 0 Å². The molecule has 0 saturated carbocycles. The largest absolute Gasteiger partial charge is 0.503 e. The molecule has 0 spiro atoms. The first-order chi connectivity index (χ1) is 9.51. The van der Waals surface area contributed by atoms with Crippen LogP contribution in [0.5, 0.6) is 11.5 Å². The normalized spacial score (nSPS) is 23.8. The minimum atomic E-state index is 0.191. The van der Waals surface area contributed by atoms with Crippen LogP contribution in [0.2, 0.25) is 0 Å². The van der Waals surface area contributed by atoms with Crippen molar-refractivity contribution in [2.24, 2.45) is 11.8 Å². The van der Waals surface area contributed by atoms with Gasteiger partial charge in [-0.25, -0.2) is 0 Å². The number of piperidine rings is 1. The molecule has 1 heterocycles. The lowest BCUT2D eigenvalue weighted by atomic mass is 9.88. The summed E-state index contributed by atoms with van der Waals surface area (Å²) in [7, 11) is 0. The van der Waals surface area contributed by atoms with E-state index in [0.29, 0.717) is 16.8 Å². The Morgan fingerprint density at radius 2 is 2.10 bits per heavy atom. The second-order valence-electron chi connectivity index (χ2n) is 5.84. The first-order valence-corrected chi connectivity index (χ1v) is 8.17. The Morgan fingerprint density at radius 1 is 1.35 bits per heavy atom. The highest BCUT2D eigenvalue weighted by molar-refractivity contribution is 9.10. The monoisotopic (exact) mass is 341 g/mol. The molecule has 1 aliphatic heterocycles. The number of nitrogens with zero attached hydrogens (tertiary/aromatic N) is 1. The van der Waals surface area contributed by atoms with Crippen molar-refractivity contribution in [3.8, 4) is 11.5 Å². The first-order valence-electron chi connectivity index (χ1n) is 7.37. The Balaban J connectivity index is 2.09. The average molecular weight is 342 g/mol. The molecule has 1 aromatic carbocycles.